The number of phosphoric ester groups is 1. The van der Waals surface area contributed by atoms with Gasteiger partial charge in [-0.15, -0.1) is 0 Å². The zero-order valence-corrected chi connectivity index (χ0v) is 40.6. The molecule has 3 unspecified atom stereocenters. The minimum atomic E-state index is -4.93. The molecule has 0 aliphatic carbocycles. The SMILES string of the molecule is COc1ccc2nc3cc(Cl)ccc3c(NCCC[N+](C)(C)CCCSP(=O)(O)OC[C@H]3O[C@@H](n4ccc(N)nc4=O)CC3OP(=O)(O)OC[C@H]3O[C@@H](n4cnc5c(N)ncnc54)C[C@@H]3O)c2c1. The molecule has 366 valence electrons. The van der Waals surface area contributed by atoms with Crippen LogP contribution in [0, 0.1) is 0 Å². The molecule has 27 heteroatoms. The third-order valence-corrected chi connectivity index (χ3v) is 16.0. The molecule has 0 spiro atoms. The minimum absolute atomic E-state index is 0.0310. The van der Waals surface area contributed by atoms with Crippen molar-refractivity contribution in [2.24, 2.45) is 0 Å². The molecule has 6 aromatic rings. The van der Waals surface area contributed by atoms with Crippen LogP contribution in [0.1, 0.15) is 38.1 Å². The first-order valence-corrected chi connectivity index (χ1v) is 26.6. The third kappa shape index (κ3) is 11.9. The Hall–Kier alpha value is -4.52. The number of nitrogen functional groups attached to an aromatic ring is 2. The smallest absolute Gasteiger partial charge is 0.472 e. The van der Waals surface area contributed by atoms with Crippen LogP contribution in [0.25, 0.3) is 33.0 Å². The molecule has 0 bridgehead atoms. The van der Waals surface area contributed by atoms with Crippen LogP contribution in [0.4, 0.5) is 17.3 Å². The number of aromatic nitrogens is 7. The fourth-order valence-corrected chi connectivity index (χ4v) is 11.7. The minimum Gasteiger partial charge on any atom is -0.497 e. The Morgan fingerprint density at radius 1 is 0.926 bits per heavy atom. The van der Waals surface area contributed by atoms with Gasteiger partial charge in [-0.05, 0) is 53.8 Å². The van der Waals surface area contributed by atoms with Gasteiger partial charge in [-0.2, -0.15) is 4.98 Å². The van der Waals surface area contributed by atoms with Gasteiger partial charge in [-0.1, -0.05) is 11.6 Å². The molecule has 2 fully saturated rings. The van der Waals surface area contributed by atoms with Crippen molar-refractivity contribution in [2.75, 3.05) is 76.6 Å². The Kier molecular flexibility index (Phi) is 15.3. The Labute approximate surface area is 398 Å². The molecule has 0 amide bonds. The van der Waals surface area contributed by atoms with E-state index >= 15 is 0 Å². The normalized spacial score (nSPS) is 22.8. The molecule has 8 atom stereocenters. The number of nitrogens with two attached hydrogens (primary N) is 2. The number of aliphatic hydroxyl groups is 1. The van der Waals surface area contributed by atoms with Crippen molar-refractivity contribution in [3.8, 4) is 5.75 Å². The zero-order valence-electron chi connectivity index (χ0n) is 37.2. The summed E-state index contributed by atoms with van der Waals surface area (Å²) in [7, 11) is 0.884. The Morgan fingerprint density at radius 2 is 1.69 bits per heavy atom. The van der Waals surface area contributed by atoms with Gasteiger partial charge >= 0.3 is 20.3 Å². The van der Waals surface area contributed by atoms with E-state index in [0.717, 1.165) is 62.2 Å². The number of anilines is 3. The van der Waals surface area contributed by atoms with E-state index < -0.39 is 70.4 Å². The van der Waals surface area contributed by atoms with Crippen molar-refractivity contribution in [3.63, 3.8) is 0 Å². The van der Waals surface area contributed by atoms with E-state index in [9.17, 15) is 28.8 Å². The molecule has 2 aromatic carbocycles. The van der Waals surface area contributed by atoms with E-state index in [0.29, 0.717) is 45.9 Å². The fraction of sp³-hybridized carbons (Fsp3) is 0.463. The van der Waals surface area contributed by atoms with E-state index in [2.05, 4.69) is 39.3 Å². The van der Waals surface area contributed by atoms with Crippen LogP contribution in [0.5, 0.6) is 5.75 Å². The van der Waals surface area contributed by atoms with Gasteiger partial charge in [0.2, 0.25) is 0 Å². The maximum Gasteiger partial charge on any atom is 0.472 e. The van der Waals surface area contributed by atoms with E-state index in [1.54, 1.807) is 11.7 Å². The number of pyridine rings is 1. The van der Waals surface area contributed by atoms with Gasteiger partial charge < -0.3 is 50.4 Å². The number of methoxy groups -OCH3 is 1. The number of imidazole rings is 1. The molecule has 6 heterocycles. The molecule has 0 saturated carbocycles. The predicted octanol–water partition coefficient (Wildman–Crippen LogP) is 4.87. The molecule has 0 radical (unpaired) electrons. The molecule has 4 aromatic heterocycles. The first-order chi connectivity index (χ1) is 32.4. The van der Waals surface area contributed by atoms with Crippen LogP contribution >= 0.6 is 37.6 Å². The van der Waals surface area contributed by atoms with Crippen LogP contribution in [0.2, 0.25) is 5.02 Å². The second-order valence-electron chi connectivity index (χ2n) is 17.0. The Morgan fingerprint density at radius 3 is 2.49 bits per heavy atom. The zero-order chi connectivity index (χ0) is 48.4. The number of aliphatic hydroxyl groups excluding tert-OH is 1. The number of ether oxygens (including phenoxy) is 3. The largest absolute Gasteiger partial charge is 0.497 e. The molecule has 2 saturated heterocycles. The van der Waals surface area contributed by atoms with Crippen molar-refractivity contribution >= 4 is 87.9 Å². The molecule has 8 rings (SSSR count). The summed E-state index contributed by atoms with van der Waals surface area (Å²) in [5, 5.41) is 16.9. The number of fused-ring (bicyclic) bond motifs is 3. The Balaban J connectivity index is 0.826. The summed E-state index contributed by atoms with van der Waals surface area (Å²) >= 11 is 7.05. The second kappa shape index (κ2) is 20.8. The number of halogens is 1. The molecule has 68 heavy (non-hydrogen) atoms. The van der Waals surface area contributed by atoms with Gasteiger partial charge in [0, 0.05) is 60.0 Å². The summed E-state index contributed by atoms with van der Waals surface area (Å²) < 4.78 is 63.8. The predicted molar refractivity (Wildman–Crippen MR) is 255 cm³/mol. The summed E-state index contributed by atoms with van der Waals surface area (Å²) in [4.78, 5) is 55.3. The summed E-state index contributed by atoms with van der Waals surface area (Å²) in [6.45, 7) is -3.19. The highest BCUT2D eigenvalue weighted by Gasteiger charge is 2.44. The average molecular weight is 1020 g/mol. The monoisotopic (exact) mass is 1020 g/mol. The third-order valence-electron chi connectivity index (χ3n) is 11.7. The lowest BCUT2D eigenvalue weighted by atomic mass is 10.1. The van der Waals surface area contributed by atoms with Gasteiger partial charge in [-0.25, -0.2) is 33.9 Å². The first-order valence-electron chi connectivity index (χ1n) is 21.5. The number of hydrogen-bond donors (Lipinski definition) is 6. The summed E-state index contributed by atoms with van der Waals surface area (Å²) in [5.41, 5.74) is 14.1. The molecule has 8 N–H and O–H groups in total. The van der Waals surface area contributed by atoms with Crippen LogP contribution in [-0.4, -0.2) is 138 Å². The molecule has 2 aliphatic rings. The summed E-state index contributed by atoms with van der Waals surface area (Å²) in [5.74, 6) is 1.15. The lowest BCUT2D eigenvalue weighted by Gasteiger charge is -2.30. The van der Waals surface area contributed by atoms with E-state index in [-0.39, 0.29) is 24.5 Å². The maximum atomic E-state index is 13.4. The molecule has 2 aliphatic heterocycles. The van der Waals surface area contributed by atoms with E-state index in [4.69, 9.17) is 55.8 Å². The lowest BCUT2D eigenvalue weighted by Crippen LogP contribution is -2.42. The highest BCUT2D eigenvalue weighted by molar-refractivity contribution is 8.54. The van der Waals surface area contributed by atoms with Crippen LogP contribution in [0.3, 0.4) is 0 Å². The number of nitrogens with one attached hydrogen (secondary N) is 1. The molecular weight excluding hydrogens is 968 g/mol. The van der Waals surface area contributed by atoms with Crippen molar-refractivity contribution < 1.29 is 56.3 Å². The first kappa shape index (κ1) is 49.9. The van der Waals surface area contributed by atoms with Crippen molar-refractivity contribution in [2.45, 2.75) is 62.6 Å². The second-order valence-corrected chi connectivity index (χ2v) is 22.8. The van der Waals surface area contributed by atoms with Crippen LogP contribution < -0.4 is 27.2 Å². The van der Waals surface area contributed by atoms with Crippen molar-refractivity contribution in [1.29, 1.82) is 0 Å². The van der Waals surface area contributed by atoms with Gasteiger partial charge in [0.05, 0.1) is 76.7 Å². The van der Waals surface area contributed by atoms with Crippen LogP contribution in [0.15, 0.2) is 66.1 Å². The van der Waals surface area contributed by atoms with Crippen molar-refractivity contribution in [1.82, 2.24) is 34.1 Å². The number of phosphoric acid groups is 1. The number of benzene rings is 2. The standard InChI is InChI=1S/C41H52ClN11O12P2S/c1-53(2,13-4-11-45-37-26-8-6-24(42)16-29(26)49-28-9-7-25(60-3)17-27(28)37)14-5-15-68-67(58,59)62-21-33-31(19-36(64-33)51-12-10-34(43)50-41(51)55)65-66(56,57)61-20-32-30(54)18-35(63-32)52-23-48-38-39(44)46-22-47-40(38)52/h6-10,12,16-17,22-23,30-33,35-36,54H,4-5,11,13-15,18-21H2,1-3H3,(H6-,43,44,45,46,47,49,50,55,56,57,58,59)/p+1/t30-,31?,32+,33+,35+,36+/m0/s1. The quantitative estimate of drug-likeness (QED) is 0.0242. The van der Waals surface area contributed by atoms with E-state index in [1.165, 1.54) is 24.9 Å². The number of rotatable bonds is 21. The topological polar surface area (TPSA) is 306 Å². The number of quaternary nitrogens is 1. The Bertz CT molecular complexity index is 2940. The van der Waals surface area contributed by atoms with Gasteiger partial charge in [0.25, 0.3) is 0 Å². The number of nitrogens with zero attached hydrogens (tertiary/aromatic N) is 8. The molecular formula is C41H53ClN11O12P2S+. The lowest BCUT2D eigenvalue weighted by molar-refractivity contribution is -0.890. The highest BCUT2D eigenvalue weighted by Crippen LogP contribution is 2.57. The molecule has 23 nitrogen and oxygen atoms in total. The average Bonchev–Trinajstić information content (AvgIpc) is 4.01. The maximum absolute atomic E-state index is 13.4. The van der Waals surface area contributed by atoms with Crippen LogP contribution in [-0.2, 0) is 32.2 Å². The van der Waals surface area contributed by atoms with E-state index in [1.807, 2.05) is 36.4 Å². The van der Waals surface area contributed by atoms with Gasteiger partial charge in [0.1, 0.15) is 54.2 Å². The van der Waals surface area contributed by atoms with Gasteiger partial charge in [-0.3, -0.25) is 22.7 Å². The number of hydrogen-bond acceptors (Lipinski definition) is 19. The summed E-state index contributed by atoms with van der Waals surface area (Å²) in [6, 6.07) is 12.8. The van der Waals surface area contributed by atoms with Gasteiger partial charge in [0.15, 0.2) is 11.5 Å². The van der Waals surface area contributed by atoms with Crippen molar-refractivity contribution in [3.05, 3.63) is 76.8 Å². The fourth-order valence-electron chi connectivity index (χ4n) is 8.19. The summed E-state index contributed by atoms with van der Waals surface area (Å²) in [6.07, 6.45) is -1.15. The highest BCUT2D eigenvalue weighted by atomic mass is 35.5.